The Hall–Kier alpha value is -2.06. The summed E-state index contributed by atoms with van der Waals surface area (Å²) in [4.78, 5) is 12.3. The third-order valence-corrected chi connectivity index (χ3v) is 6.56. The van der Waals surface area contributed by atoms with Crippen LogP contribution in [0.25, 0.3) is 0 Å². The lowest BCUT2D eigenvalue weighted by Gasteiger charge is -2.14. The first-order valence-electron chi connectivity index (χ1n) is 9.51. The maximum atomic E-state index is 12.3. The molecule has 0 saturated heterocycles. The van der Waals surface area contributed by atoms with E-state index in [0.717, 1.165) is 22.2 Å². The lowest BCUT2D eigenvalue weighted by molar-refractivity contribution is -0.120. The predicted octanol–water partition coefficient (Wildman–Crippen LogP) is 4.78. The Morgan fingerprint density at radius 3 is 2.96 bits per heavy atom. The summed E-state index contributed by atoms with van der Waals surface area (Å²) in [6.45, 7) is 2.60. The molecule has 1 amide bonds. The molecule has 1 heterocycles. The molecule has 6 nitrogen and oxygen atoms in total. The first-order chi connectivity index (χ1) is 13.7. The fourth-order valence-corrected chi connectivity index (χ4v) is 4.93. The van der Waals surface area contributed by atoms with Gasteiger partial charge in [0.2, 0.25) is 11.0 Å². The number of anilines is 2. The molecule has 1 atom stereocenters. The average Bonchev–Trinajstić information content (AvgIpc) is 3.16. The topological polar surface area (TPSA) is 76.1 Å². The van der Waals surface area contributed by atoms with Crippen molar-refractivity contribution in [1.29, 1.82) is 0 Å². The van der Waals surface area contributed by atoms with E-state index in [1.807, 2.05) is 31.2 Å². The Balaban J connectivity index is 1.47. The fourth-order valence-electron chi connectivity index (χ4n) is 3.00. The highest BCUT2D eigenvalue weighted by molar-refractivity contribution is 8.02. The first-order valence-corrected chi connectivity index (χ1v) is 11.2. The number of methoxy groups -OCH3 is 1. The van der Waals surface area contributed by atoms with Gasteiger partial charge in [0, 0.05) is 6.54 Å². The largest absolute Gasteiger partial charge is 0.495 e. The lowest BCUT2D eigenvalue weighted by Crippen LogP contribution is -2.31. The highest BCUT2D eigenvalue weighted by Crippen LogP contribution is 2.33. The second-order valence-corrected chi connectivity index (χ2v) is 9.17. The molecule has 0 aliphatic heterocycles. The van der Waals surface area contributed by atoms with Crippen LogP contribution in [-0.4, -0.2) is 35.0 Å². The van der Waals surface area contributed by atoms with Crippen LogP contribution < -0.4 is 15.4 Å². The summed E-state index contributed by atoms with van der Waals surface area (Å²) in [6, 6.07) is 7.65. The van der Waals surface area contributed by atoms with E-state index in [0.29, 0.717) is 11.7 Å². The molecule has 8 heteroatoms. The number of hydrogen-bond acceptors (Lipinski definition) is 7. The number of ether oxygens (including phenoxy) is 1. The van der Waals surface area contributed by atoms with Gasteiger partial charge in [-0.05, 0) is 51.2 Å². The number of para-hydroxylation sites is 2. The second-order valence-electron chi connectivity index (χ2n) is 6.61. The van der Waals surface area contributed by atoms with Gasteiger partial charge in [-0.15, -0.1) is 10.2 Å². The van der Waals surface area contributed by atoms with Crippen molar-refractivity contribution >= 4 is 39.8 Å². The van der Waals surface area contributed by atoms with E-state index in [4.69, 9.17) is 4.74 Å². The molecule has 0 saturated carbocycles. The molecule has 0 radical (unpaired) electrons. The Labute approximate surface area is 174 Å². The van der Waals surface area contributed by atoms with Crippen LogP contribution in [0.3, 0.4) is 0 Å². The van der Waals surface area contributed by atoms with Crippen molar-refractivity contribution in [2.45, 2.75) is 48.6 Å². The van der Waals surface area contributed by atoms with Gasteiger partial charge in [-0.1, -0.05) is 46.9 Å². The Morgan fingerprint density at radius 2 is 2.18 bits per heavy atom. The Morgan fingerprint density at radius 1 is 1.32 bits per heavy atom. The summed E-state index contributed by atoms with van der Waals surface area (Å²) >= 11 is 2.85. The van der Waals surface area contributed by atoms with E-state index in [1.54, 1.807) is 7.11 Å². The summed E-state index contributed by atoms with van der Waals surface area (Å²) in [7, 11) is 1.63. The maximum Gasteiger partial charge on any atom is 0.233 e. The zero-order valence-corrected chi connectivity index (χ0v) is 17.9. The molecule has 2 N–H and O–H groups in total. The molecule has 1 aliphatic rings. The van der Waals surface area contributed by atoms with E-state index in [9.17, 15) is 4.79 Å². The van der Waals surface area contributed by atoms with Crippen molar-refractivity contribution < 1.29 is 9.53 Å². The molecule has 1 aromatic carbocycles. The van der Waals surface area contributed by atoms with Gasteiger partial charge in [0.05, 0.1) is 18.0 Å². The van der Waals surface area contributed by atoms with Crippen LogP contribution in [0.2, 0.25) is 0 Å². The number of carbonyl (C=O) groups is 1. The molecule has 0 fully saturated rings. The molecule has 3 rings (SSSR count). The number of aromatic nitrogens is 2. The molecular weight excluding hydrogens is 392 g/mol. The number of amides is 1. The highest BCUT2D eigenvalue weighted by atomic mass is 32.2. The monoisotopic (exact) mass is 418 g/mol. The third-order valence-electron chi connectivity index (χ3n) is 4.53. The Bertz CT molecular complexity index is 822. The first kappa shape index (κ1) is 20.7. The van der Waals surface area contributed by atoms with Crippen LogP contribution in [0.15, 0.2) is 40.3 Å². The molecule has 150 valence electrons. The zero-order valence-electron chi connectivity index (χ0n) is 16.2. The molecular formula is C20H26N4O2S2. The van der Waals surface area contributed by atoms with Gasteiger partial charge < -0.3 is 15.4 Å². The summed E-state index contributed by atoms with van der Waals surface area (Å²) < 4.78 is 6.09. The number of carbonyl (C=O) groups excluding carboxylic acids is 1. The lowest BCUT2D eigenvalue weighted by atomic mass is 9.97. The number of allylic oxidation sites excluding steroid dienone is 1. The Kier molecular flexibility index (Phi) is 7.73. The summed E-state index contributed by atoms with van der Waals surface area (Å²) in [5.41, 5.74) is 2.31. The van der Waals surface area contributed by atoms with Crippen LogP contribution in [0.5, 0.6) is 5.75 Å². The van der Waals surface area contributed by atoms with Crippen molar-refractivity contribution in [3.8, 4) is 5.75 Å². The number of thioether (sulfide) groups is 1. The smallest absolute Gasteiger partial charge is 0.233 e. The van der Waals surface area contributed by atoms with Gasteiger partial charge >= 0.3 is 0 Å². The predicted molar refractivity (Wildman–Crippen MR) is 116 cm³/mol. The van der Waals surface area contributed by atoms with Crippen molar-refractivity contribution in [2.24, 2.45) is 0 Å². The van der Waals surface area contributed by atoms with Gasteiger partial charge in [0.15, 0.2) is 4.34 Å². The van der Waals surface area contributed by atoms with Crippen molar-refractivity contribution in [2.75, 3.05) is 19.0 Å². The number of nitrogens with zero attached hydrogens (tertiary/aromatic N) is 2. The van der Waals surface area contributed by atoms with E-state index in [-0.39, 0.29) is 11.2 Å². The van der Waals surface area contributed by atoms with Crippen molar-refractivity contribution in [1.82, 2.24) is 15.5 Å². The van der Waals surface area contributed by atoms with Crippen LogP contribution in [-0.2, 0) is 4.79 Å². The van der Waals surface area contributed by atoms with Crippen molar-refractivity contribution in [3.05, 3.63) is 35.9 Å². The highest BCUT2D eigenvalue weighted by Gasteiger charge is 2.17. The third kappa shape index (κ3) is 5.97. The van der Waals surface area contributed by atoms with Crippen LogP contribution in [0, 0.1) is 0 Å². The minimum Gasteiger partial charge on any atom is -0.495 e. The fraction of sp³-hybridized carbons (Fsp3) is 0.450. The average molecular weight is 419 g/mol. The van der Waals surface area contributed by atoms with Gasteiger partial charge in [-0.3, -0.25) is 4.79 Å². The molecule has 1 aromatic heterocycles. The van der Waals surface area contributed by atoms with Gasteiger partial charge in [0.25, 0.3) is 0 Å². The van der Waals surface area contributed by atoms with E-state index in [1.165, 1.54) is 54.4 Å². The summed E-state index contributed by atoms with van der Waals surface area (Å²) in [5.74, 6) is 0.781. The van der Waals surface area contributed by atoms with Crippen LogP contribution in [0.4, 0.5) is 10.8 Å². The molecule has 2 aromatic rings. The molecule has 0 spiro atoms. The number of rotatable bonds is 9. The normalized spacial score (nSPS) is 14.9. The minimum absolute atomic E-state index is 0.0378. The number of hydrogen-bond donors (Lipinski definition) is 2. The SMILES string of the molecule is COc1ccccc1Nc1nnc(SC(C)C(=O)NCCC2=CCCCC2)s1. The minimum atomic E-state index is -0.215. The maximum absolute atomic E-state index is 12.3. The summed E-state index contributed by atoms with van der Waals surface area (Å²) in [5, 5.41) is 15.1. The molecule has 1 aliphatic carbocycles. The zero-order chi connectivity index (χ0) is 19.8. The van der Waals surface area contributed by atoms with Crippen LogP contribution in [0.1, 0.15) is 39.0 Å². The van der Waals surface area contributed by atoms with Crippen molar-refractivity contribution in [3.63, 3.8) is 0 Å². The quantitative estimate of drug-likeness (QED) is 0.451. The second kappa shape index (κ2) is 10.5. The van der Waals surface area contributed by atoms with Gasteiger partial charge in [-0.25, -0.2) is 0 Å². The number of benzene rings is 1. The van der Waals surface area contributed by atoms with E-state index >= 15 is 0 Å². The van der Waals surface area contributed by atoms with Crippen LogP contribution >= 0.6 is 23.1 Å². The van der Waals surface area contributed by atoms with Gasteiger partial charge in [-0.2, -0.15) is 0 Å². The van der Waals surface area contributed by atoms with Gasteiger partial charge in [0.1, 0.15) is 5.75 Å². The molecule has 28 heavy (non-hydrogen) atoms. The standard InChI is InChI=1S/C20H26N4O2S2/c1-14(18(25)21-13-12-15-8-4-3-5-9-15)27-20-24-23-19(28-20)22-16-10-6-7-11-17(16)26-2/h6-8,10-11,14H,3-5,9,12-13H2,1-2H3,(H,21,25)(H,22,23). The molecule has 0 bridgehead atoms. The van der Waals surface area contributed by atoms with E-state index in [2.05, 4.69) is 26.9 Å². The van der Waals surface area contributed by atoms with E-state index < -0.39 is 0 Å². The summed E-state index contributed by atoms with van der Waals surface area (Å²) in [6.07, 6.45) is 8.19. The number of nitrogens with one attached hydrogen (secondary N) is 2. The molecule has 1 unspecified atom stereocenters.